The van der Waals surface area contributed by atoms with Crippen LogP contribution in [0.1, 0.15) is 110 Å². The molecule has 0 rings (SSSR count). The molecule has 0 fully saturated rings. The van der Waals surface area contributed by atoms with E-state index in [4.69, 9.17) is 11.6 Å². The number of nitrogens with zero attached hydrogens (tertiary/aromatic N) is 1. The van der Waals surface area contributed by atoms with Crippen LogP contribution in [0.5, 0.6) is 0 Å². The van der Waals surface area contributed by atoms with E-state index in [0.717, 1.165) is 32.0 Å². The van der Waals surface area contributed by atoms with Crippen molar-refractivity contribution in [3.8, 4) is 0 Å². The Morgan fingerprint density at radius 2 is 1.09 bits per heavy atom. The molecule has 0 saturated carbocycles. The van der Waals surface area contributed by atoms with E-state index in [9.17, 15) is 4.79 Å². The second-order valence-electron chi connectivity index (χ2n) is 5.92. The van der Waals surface area contributed by atoms with E-state index in [-0.39, 0.29) is 0 Å². The van der Waals surface area contributed by atoms with Gasteiger partial charge in [0, 0.05) is 12.8 Å². The smallest absolute Gasteiger partial charge is 0.119 e. The van der Waals surface area contributed by atoms with Crippen LogP contribution >= 0.6 is 0 Å². The quantitative estimate of drug-likeness (QED) is 0.101. The van der Waals surface area contributed by atoms with Gasteiger partial charge in [-0.3, -0.25) is 0 Å². The molecule has 0 saturated heterocycles. The number of carbonyl (C=O) groups is 1. The second kappa shape index (κ2) is 23.2. The highest BCUT2D eigenvalue weighted by atomic mass is 16.1. The fraction of sp³-hybridized carbons (Fsp3) is 0.895. The van der Waals surface area contributed by atoms with Gasteiger partial charge in [-0.2, -0.15) is 5.10 Å². The summed E-state index contributed by atoms with van der Waals surface area (Å²) >= 11 is 0. The molecule has 0 radical (unpaired) electrons. The Labute approximate surface area is 144 Å². The fourth-order valence-corrected chi connectivity index (χ4v) is 2.54. The molecular formula is C19H41N3O. The summed E-state index contributed by atoms with van der Waals surface area (Å²) in [6.07, 6.45) is 19.4. The zero-order valence-electron chi connectivity index (χ0n) is 15.7. The van der Waals surface area contributed by atoms with Crippen LogP contribution in [0.2, 0.25) is 0 Å². The second-order valence-corrected chi connectivity index (χ2v) is 5.92. The van der Waals surface area contributed by atoms with Gasteiger partial charge in [0.05, 0.1) is 0 Å². The molecule has 0 aromatic rings. The highest BCUT2D eigenvalue weighted by Crippen LogP contribution is 2.13. The van der Waals surface area contributed by atoms with Gasteiger partial charge in [0.25, 0.3) is 0 Å². The Hall–Kier alpha value is -1.06. The maximum atomic E-state index is 10.2. The molecular weight excluding hydrogens is 286 g/mol. The van der Waals surface area contributed by atoms with Gasteiger partial charge in [0.15, 0.2) is 0 Å². The zero-order valence-corrected chi connectivity index (χ0v) is 15.7. The van der Waals surface area contributed by atoms with Crippen molar-refractivity contribution in [3.63, 3.8) is 0 Å². The van der Waals surface area contributed by atoms with Crippen molar-refractivity contribution in [2.45, 2.75) is 110 Å². The number of hydrogen-bond acceptors (Lipinski definition) is 3. The van der Waals surface area contributed by atoms with Crippen molar-refractivity contribution < 1.29 is 4.79 Å². The topological polar surface area (TPSA) is 81.5 Å². The van der Waals surface area contributed by atoms with Gasteiger partial charge in [0.2, 0.25) is 0 Å². The zero-order chi connectivity index (χ0) is 17.6. The molecule has 0 aliphatic rings. The van der Waals surface area contributed by atoms with Gasteiger partial charge >= 0.3 is 0 Å². The van der Waals surface area contributed by atoms with E-state index >= 15 is 0 Å². The first-order chi connectivity index (χ1) is 11.3. The largest absolute Gasteiger partial charge is 0.386 e. The first kappa shape index (κ1) is 24.2. The lowest BCUT2D eigenvalue weighted by Crippen LogP contribution is -2.13. The van der Waals surface area contributed by atoms with E-state index in [1.54, 1.807) is 0 Å². The van der Waals surface area contributed by atoms with Crippen LogP contribution < -0.4 is 11.6 Å². The molecule has 0 amide bonds. The van der Waals surface area contributed by atoms with Gasteiger partial charge in [-0.05, 0) is 12.8 Å². The molecule has 0 unspecified atom stereocenters. The highest BCUT2D eigenvalue weighted by molar-refractivity contribution is 5.79. The molecule has 0 aromatic carbocycles. The summed E-state index contributed by atoms with van der Waals surface area (Å²) in [7, 11) is 0. The molecule has 0 spiro atoms. The highest BCUT2D eigenvalue weighted by Gasteiger charge is 1.95. The molecule has 0 heterocycles. The summed E-state index contributed by atoms with van der Waals surface area (Å²) in [4.78, 5) is 10.2. The van der Waals surface area contributed by atoms with E-state index < -0.39 is 0 Å². The van der Waals surface area contributed by atoms with Gasteiger partial charge in [0.1, 0.15) is 12.1 Å². The van der Waals surface area contributed by atoms with Crippen LogP contribution in [0.15, 0.2) is 5.10 Å². The first-order valence-corrected chi connectivity index (χ1v) is 9.77. The third-order valence-electron chi connectivity index (χ3n) is 3.92. The molecule has 0 aliphatic heterocycles. The maximum absolute atomic E-state index is 10.2. The van der Waals surface area contributed by atoms with E-state index in [2.05, 4.69) is 5.10 Å². The predicted molar refractivity (Wildman–Crippen MR) is 102 cm³/mol. The molecule has 0 aliphatic carbocycles. The van der Waals surface area contributed by atoms with Crippen molar-refractivity contribution in [3.05, 3.63) is 0 Å². The summed E-state index contributed by atoms with van der Waals surface area (Å²) in [5, 5.41) is 3.47. The van der Waals surface area contributed by atoms with Crippen LogP contribution in [-0.4, -0.2) is 12.1 Å². The number of hydrogen-bond donors (Lipinski definition) is 2. The van der Waals surface area contributed by atoms with Gasteiger partial charge in [-0.25, -0.2) is 0 Å². The molecule has 23 heavy (non-hydrogen) atoms. The van der Waals surface area contributed by atoms with Crippen LogP contribution in [0.4, 0.5) is 0 Å². The Bertz CT molecular complexity index is 255. The summed E-state index contributed by atoms with van der Waals surface area (Å²) in [6, 6.07) is 0. The van der Waals surface area contributed by atoms with Crippen LogP contribution in [0.25, 0.3) is 0 Å². The van der Waals surface area contributed by atoms with Gasteiger partial charge in [-0.15, -0.1) is 0 Å². The monoisotopic (exact) mass is 327 g/mol. The molecule has 4 nitrogen and oxygen atoms in total. The molecule has 0 atom stereocenters. The average molecular weight is 328 g/mol. The van der Waals surface area contributed by atoms with Crippen molar-refractivity contribution >= 4 is 12.1 Å². The third kappa shape index (κ3) is 23.3. The minimum absolute atomic E-state index is 0.571. The summed E-state index contributed by atoms with van der Waals surface area (Å²) in [6.45, 7) is 4.00. The summed E-state index contributed by atoms with van der Waals surface area (Å²) in [5.41, 5.74) is 5.54. The minimum atomic E-state index is 0.571. The lowest BCUT2D eigenvalue weighted by molar-refractivity contribution is -0.107. The number of hydrazone groups is 1. The van der Waals surface area contributed by atoms with Crippen LogP contribution in [0.3, 0.4) is 0 Å². The number of nitrogens with two attached hydrogens (primary N) is 2. The van der Waals surface area contributed by atoms with E-state index in [1.165, 1.54) is 70.6 Å². The Kier molecular flexibility index (Phi) is 24.4. The summed E-state index contributed by atoms with van der Waals surface area (Å²) in [5.74, 6) is 5.65. The van der Waals surface area contributed by atoms with Crippen molar-refractivity contribution in [2.75, 3.05) is 0 Å². The predicted octanol–water partition coefficient (Wildman–Crippen LogP) is 5.29. The fourth-order valence-electron chi connectivity index (χ4n) is 2.54. The molecule has 138 valence electrons. The minimum Gasteiger partial charge on any atom is -0.386 e. The molecule has 4 heteroatoms. The standard InChI is InChI=1S/C17H35N3O.C2H6/c18-17(20-19)15-13-11-9-7-5-3-1-2-4-6-8-10-12-14-16-21;1-2/h16H,1-15,19H2,(H2,18,20);1-2H3. The van der Waals surface area contributed by atoms with E-state index in [1.807, 2.05) is 13.8 Å². The number of rotatable bonds is 16. The van der Waals surface area contributed by atoms with Crippen molar-refractivity contribution in [1.29, 1.82) is 0 Å². The number of aldehydes is 1. The Balaban J connectivity index is 0. The SMILES string of the molecule is CC.N/N=C(\N)CCCCCCCCCCCCCCCC=O. The van der Waals surface area contributed by atoms with E-state index in [0.29, 0.717) is 5.84 Å². The van der Waals surface area contributed by atoms with Crippen molar-refractivity contribution in [1.82, 2.24) is 0 Å². The molecule has 4 N–H and O–H groups in total. The van der Waals surface area contributed by atoms with Gasteiger partial charge in [-0.1, -0.05) is 84.5 Å². The average Bonchev–Trinajstić information content (AvgIpc) is 2.59. The normalized spacial score (nSPS) is 11.0. The van der Waals surface area contributed by atoms with Crippen LogP contribution in [-0.2, 0) is 4.79 Å². The Morgan fingerprint density at radius 3 is 1.43 bits per heavy atom. The summed E-state index contributed by atoms with van der Waals surface area (Å²) < 4.78 is 0. The lowest BCUT2D eigenvalue weighted by atomic mass is 10.0. The Morgan fingerprint density at radius 1 is 0.739 bits per heavy atom. The molecule has 0 aromatic heterocycles. The number of unbranched alkanes of at least 4 members (excludes halogenated alkanes) is 13. The molecule has 0 bridgehead atoms. The number of carbonyl (C=O) groups excluding carboxylic acids is 1. The number of amidine groups is 1. The van der Waals surface area contributed by atoms with Gasteiger partial charge < -0.3 is 16.4 Å². The van der Waals surface area contributed by atoms with Crippen LogP contribution in [0, 0.1) is 0 Å². The lowest BCUT2D eigenvalue weighted by Gasteiger charge is -2.03. The third-order valence-corrected chi connectivity index (χ3v) is 3.92. The maximum Gasteiger partial charge on any atom is 0.119 e. The van der Waals surface area contributed by atoms with Crippen molar-refractivity contribution in [2.24, 2.45) is 16.7 Å². The first-order valence-electron chi connectivity index (χ1n) is 9.77.